The van der Waals surface area contributed by atoms with Gasteiger partial charge in [0.1, 0.15) is 17.3 Å². The van der Waals surface area contributed by atoms with Gasteiger partial charge in [-0.2, -0.15) is 0 Å². The Morgan fingerprint density at radius 2 is 2.20 bits per heavy atom. The van der Waals surface area contributed by atoms with Gasteiger partial charge in [-0.3, -0.25) is 4.79 Å². The first-order chi connectivity index (χ1) is 9.63. The van der Waals surface area contributed by atoms with E-state index in [0.717, 1.165) is 25.2 Å². The lowest BCUT2D eigenvalue weighted by Crippen LogP contribution is -2.43. The van der Waals surface area contributed by atoms with E-state index in [4.69, 9.17) is 0 Å². The molecule has 0 amide bonds. The molecule has 1 aromatic heterocycles. The van der Waals surface area contributed by atoms with Gasteiger partial charge in [0.25, 0.3) is 0 Å². The van der Waals surface area contributed by atoms with Gasteiger partial charge in [0.05, 0.1) is 12.2 Å². The molecule has 0 spiro atoms. The maximum Gasteiger partial charge on any atom is 0.189 e. The lowest BCUT2D eigenvalue weighted by Gasteiger charge is -2.26. The van der Waals surface area contributed by atoms with Crippen molar-refractivity contribution in [2.45, 2.75) is 12.5 Å². The third-order valence-electron chi connectivity index (χ3n) is 3.30. The van der Waals surface area contributed by atoms with Gasteiger partial charge in [0.15, 0.2) is 5.78 Å². The van der Waals surface area contributed by atoms with Crippen LogP contribution < -0.4 is 5.32 Å². The van der Waals surface area contributed by atoms with Crippen molar-refractivity contribution < 1.29 is 13.6 Å². The molecular formula is C13H12F2N4O. The number of rotatable bonds is 4. The SMILES string of the molecule is O=C(Cc1ccc(F)cc1F)c1cn(C2CNC2)nn1. The van der Waals surface area contributed by atoms with E-state index in [1.165, 1.54) is 6.07 Å². The molecule has 1 aromatic carbocycles. The van der Waals surface area contributed by atoms with Crippen LogP contribution in [0, 0.1) is 11.6 Å². The molecule has 1 saturated heterocycles. The summed E-state index contributed by atoms with van der Waals surface area (Å²) in [5.74, 6) is -1.73. The van der Waals surface area contributed by atoms with Crippen LogP contribution in [0.2, 0.25) is 0 Å². The summed E-state index contributed by atoms with van der Waals surface area (Å²) in [5, 5.41) is 10.8. The minimum Gasteiger partial charge on any atom is -0.312 e. The van der Waals surface area contributed by atoms with Crippen LogP contribution in [-0.4, -0.2) is 33.9 Å². The summed E-state index contributed by atoms with van der Waals surface area (Å²) in [7, 11) is 0. The van der Waals surface area contributed by atoms with E-state index in [1.54, 1.807) is 10.9 Å². The molecule has 0 unspecified atom stereocenters. The van der Waals surface area contributed by atoms with Crippen LogP contribution in [0.3, 0.4) is 0 Å². The first-order valence-electron chi connectivity index (χ1n) is 6.23. The van der Waals surface area contributed by atoms with Crippen LogP contribution in [0.4, 0.5) is 8.78 Å². The number of carbonyl (C=O) groups is 1. The normalized spacial score (nSPS) is 15.1. The molecule has 1 aliphatic rings. The Morgan fingerprint density at radius 3 is 2.85 bits per heavy atom. The molecule has 0 bridgehead atoms. The number of hydrogen-bond donors (Lipinski definition) is 1. The number of ketones is 1. The van der Waals surface area contributed by atoms with Crippen molar-refractivity contribution in [3.8, 4) is 0 Å². The van der Waals surface area contributed by atoms with E-state index in [9.17, 15) is 13.6 Å². The Labute approximate surface area is 113 Å². The molecule has 5 nitrogen and oxygen atoms in total. The van der Waals surface area contributed by atoms with Crippen molar-refractivity contribution in [2.24, 2.45) is 0 Å². The van der Waals surface area contributed by atoms with Crippen molar-refractivity contribution in [1.29, 1.82) is 0 Å². The summed E-state index contributed by atoms with van der Waals surface area (Å²) < 4.78 is 27.9. The average molecular weight is 278 g/mol. The van der Waals surface area contributed by atoms with Gasteiger partial charge < -0.3 is 5.32 Å². The predicted octanol–water partition coefficient (Wildman–Crippen LogP) is 1.13. The van der Waals surface area contributed by atoms with Crippen LogP contribution in [0.25, 0.3) is 0 Å². The fraction of sp³-hybridized carbons (Fsp3) is 0.308. The first-order valence-corrected chi connectivity index (χ1v) is 6.23. The van der Waals surface area contributed by atoms with E-state index in [-0.39, 0.29) is 29.5 Å². The highest BCUT2D eigenvalue weighted by Crippen LogP contribution is 2.14. The highest BCUT2D eigenvalue weighted by molar-refractivity contribution is 5.95. The average Bonchev–Trinajstić information content (AvgIpc) is 2.80. The second-order valence-electron chi connectivity index (χ2n) is 4.73. The largest absolute Gasteiger partial charge is 0.312 e. The summed E-state index contributed by atoms with van der Waals surface area (Å²) >= 11 is 0. The van der Waals surface area contributed by atoms with Crippen molar-refractivity contribution >= 4 is 5.78 Å². The summed E-state index contributed by atoms with van der Waals surface area (Å²) in [6.07, 6.45) is 1.41. The van der Waals surface area contributed by atoms with E-state index in [0.29, 0.717) is 0 Å². The van der Waals surface area contributed by atoms with Gasteiger partial charge in [-0.05, 0) is 11.6 Å². The molecule has 3 rings (SSSR count). The number of hydrogen-bond acceptors (Lipinski definition) is 4. The lowest BCUT2D eigenvalue weighted by atomic mass is 10.1. The van der Waals surface area contributed by atoms with Gasteiger partial charge in [0, 0.05) is 25.6 Å². The van der Waals surface area contributed by atoms with E-state index in [1.807, 2.05) is 0 Å². The van der Waals surface area contributed by atoms with Gasteiger partial charge in [-0.1, -0.05) is 11.3 Å². The molecule has 0 aliphatic carbocycles. The first kappa shape index (κ1) is 12.9. The molecule has 20 heavy (non-hydrogen) atoms. The summed E-state index contributed by atoms with van der Waals surface area (Å²) in [6.45, 7) is 1.59. The van der Waals surface area contributed by atoms with Crippen molar-refractivity contribution in [2.75, 3.05) is 13.1 Å². The van der Waals surface area contributed by atoms with E-state index >= 15 is 0 Å². The maximum atomic E-state index is 13.5. The zero-order valence-corrected chi connectivity index (χ0v) is 10.5. The minimum absolute atomic E-state index is 0.149. The number of carbonyl (C=O) groups excluding carboxylic acids is 1. The highest BCUT2D eigenvalue weighted by Gasteiger charge is 2.22. The van der Waals surface area contributed by atoms with Crippen molar-refractivity contribution in [3.05, 3.63) is 47.3 Å². The molecular weight excluding hydrogens is 266 g/mol. The van der Waals surface area contributed by atoms with Gasteiger partial charge in [-0.15, -0.1) is 5.10 Å². The molecule has 2 heterocycles. The number of halogens is 2. The Hall–Kier alpha value is -2.15. The summed E-state index contributed by atoms with van der Waals surface area (Å²) in [6, 6.07) is 3.37. The molecule has 2 aromatic rings. The topological polar surface area (TPSA) is 59.8 Å². The molecule has 7 heteroatoms. The molecule has 0 radical (unpaired) electrons. The molecule has 1 aliphatic heterocycles. The second-order valence-corrected chi connectivity index (χ2v) is 4.73. The Bertz CT molecular complexity index is 652. The van der Waals surface area contributed by atoms with Gasteiger partial charge in [0.2, 0.25) is 0 Å². The fourth-order valence-electron chi connectivity index (χ4n) is 1.97. The third kappa shape index (κ3) is 2.44. The van der Waals surface area contributed by atoms with E-state index < -0.39 is 11.6 Å². The number of aromatic nitrogens is 3. The van der Waals surface area contributed by atoms with Crippen LogP contribution in [-0.2, 0) is 6.42 Å². The van der Waals surface area contributed by atoms with Crippen LogP contribution in [0.5, 0.6) is 0 Å². The van der Waals surface area contributed by atoms with Gasteiger partial charge >= 0.3 is 0 Å². The number of nitrogens with zero attached hydrogens (tertiary/aromatic N) is 3. The lowest BCUT2D eigenvalue weighted by molar-refractivity contribution is 0.0987. The maximum absolute atomic E-state index is 13.5. The molecule has 0 atom stereocenters. The van der Waals surface area contributed by atoms with E-state index in [2.05, 4.69) is 15.6 Å². The minimum atomic E-state index is -0.728. The number of nitrogens with one attached hydrogen (secondary N) is 1. The third-order valence-corrected chi connectivity index (χ3v) is 3.30. The van der Waals surface area contributed by atoms with Crippen LogP contribution in [0.15, 0.2) is 24.4 Å². The monoisotopic (exact) mass is 278 g/mol. The number of benzene rings is 1. The molecule has 0 saturated carbocycles. The molecule has 104 valence electrons. The quantitative estimate of drug-likeness (QED) is 0.852. The fourth-order valence-corrected chi connectivity index (χ4v) is 1.97. The predicted molar refractivity (Wildman–Crippen MR) is 66.3 cm³/mol. The second kappa shape index (κ2) is 5.09. The van der Waals surface area contributed by atoms with Crippen LogP contribution in [0.1, 0.15) is 22.1 Å². The molecule has 1 N–H and O–H groups in total. The Morgan fingerprint density at radius 1 is 1.40 bits per heavy atom. The van der Waals surface area contributed by atoms with Crippen LogP contribution >= 0.6 is 0 Å². The summed E-state index contributed by atoms with van der Waals surface area (Å²) in [4.78, 5) is 12.0. The van der Waals surface area contributed by atoms with Crippen molar-refractivity contribution in [3.63, 3.8) is 0 Å². The van der Waals surface area contributed by atoms with Gasteiger partial charge in [-0.25, -0.2) is 13.5 Å². The number of Topliss-reactive ketones (excluding diaryl/α,β-unsaturated/α-hetero) is 1. The van der Waals surface area contributed by atoms with Crippen molar-refractivity contribution in [1.82, 2.24) is 20.3 Å². The smallest absolute Gasteiger partial charge is 0.189 e. The standard InChI is InChI=1S/C13H12F2N4O/c14-9-2-1-8(11(15)4-9)3-13(20)12-7-19(18-17-12)10-5-16-6-10/h1-2,4,7,10,16H,3,5-6H2. The molecule has 1 fully saturated rings. The Balaban J connectivity index is 1.73. The zero-order valence-electron chi connectivity index (χ0n) is 10.5. The Kier molecular flexibility index (Phi) is 3.27. The highest BCUT2D eigenvalue weighted by atomic mass is 19.1. The zero-order chi connectivity index (χ0) is 14.1. The summed E-state index contributed by atoms with van der Waals surface area (Å²) in [5.41, 5.74) is 0.344.